The van der Waals surface area contributed by atoms with E-state index in [0.717, 1.165) is 5.56 Å². The molecule has 3 aromatic carbocycles. The predicted octanol–water partition coefficient (Wildman–Crippen LogP) is 6.97. The molecule has 5 rings (SSSR count). The Morgan fingerprint density at radius 3 is 2.37 bits per heavy atom. The number of nitrogens with zero attached hydrogens (tertiary/aromatic N) is 1. The van der Waals surface area contributed by atoms with E-state index in [2.05, 4.69) is 5.32 Å². The zero-order valence-electron chi connectivity index (χ0n) is 21.0. The first-order valence-corrected chi connectivity index (χ1v) is 12.3. The monoisotopic (exact) mass is 520 g/mol. The van der Waals surface area contributed by atoms with Crippen molar-refractivity contribution >= 4 is 23.1 Å². The number of ether oxygens (including phenoxy) is 1. The van der Waals surface area contributed by atoms with Gasteiger partial charge in [-0.15, -0.1) is 0 Å². The molecule has 0 unspecified atom stereocenters. The summed E-state index contributed by atoms with van der Waals surface area (Å²) in [5.41, 5.74) is 1.79. The Labute approximate surface area is 218 Å². The number of carbonyl (C=O) groups is 2. The summed E-state index contributed by atoms with van der Waals surface area (Å²) < 4.78 is 48.5. The van der Waals surface area contributed by atoms with Crippen LogP contribution in [-0.4, -0.2) is 17.9 Å². The maximum absolute atomic E-state index is 14.1. The van der Waals surface area contributed by atoms with E-state index in [-0.39, 0.29) is 30.1 Å². The Morgan fingerprint density at radius 1 is 0.974 bits per heavy atom. The summed E-state index contributed by atoms with van der Waals surface area (Å²) in [6, 6.07) is 21.0. The number of halogens is 3. The van der Waals surface area contributed by atoms with Crippen LogP contribution in [0.4, 0.5) is 24.5 Å². The SMILES string of the molecule is CC1(C)CC(=O)C2=C(C1)Nc1ccccc1N(C(=O)C(F)(F)F)[C@H]2c1ccccc1OCc1ccccc1. The third-order valence-electron chi connectivity index (χ3n) is 6.81. The molecule has 0 aromatic heterocycles. The summed E-state index contributed by atoms with van der Waals surface area (Å²) in [5, 5.41) is 3.22. The summed E-state index contributed by atoms with van der Waals surface area (Å²) in [5.74, 6) is -2.06. The molecular formula is C30H27F3N2O3. The first kappa shape index (κ1) is 25.6. The van der Waals surface area contributed by atoms with Gasteiger partial charge in [-0.3, -0.25) is 14.5 Å². The molecule has 2 aliphatic rings. The zero-order valence-corrected chi connectivity index (χ0v) is 21.0. The number of anilines is 2. The number of amides is 1. The molecule has 38 heavy (non-hydrogen) atoms. The van der Waals surface area contributed by atoms with E-state index in [1.165, 1.54) is 6.07 Å². The smallest absolute Gasteiger partial charge is 0.471 e. The number of alkyl halides is 3. The predicted molar refractivity (Wildman–Crippen MR) is 139 cm³/mol. The molecule has 196 valence electrons. The quantitative estimate of drug-likeness (QED) is 0.404. The molecule has 0 radical (unpaired) electrons. The average molecular weight is 521 g/mol. The highest BCUT2D eigenvalue weighted by molar-refractivity contribution is 6.07. The second kappa shape index (κ2) is 9.67. The number of rotatable bonds is 4. The third-order valence-corrected chi connectivity index (χ3v) is 6.81. The van der Waals surface area contributed by atoms with Gasteiger partial charge >= 0.3 is 12.1 Å². The van der Waals surface area contributed by atoms with Crippen molar-refractivity contribution in [1.29, 1.82) is 0 Å². The Bertz CT molecular complexity index is 1410. The second-order valence-corrected chi connectivity index (χ2v) is 10.4. The Hall–Kier alpha value is -4.07. The molecule has 0 spiro atoms. The second-order valence-electron chi connectivity index (χ2n) is 10.4. The lowest BCUT2D eigenvalue weighted by Gasteiger charge is -2.37. The Kier molecular flexibility index (Phi) is 6.51. The Morgan fingerprint density at radius 2 is 1.63 bits per heavy atom. The van der Waals surface area contributed by atoms with Crippen molar-refractivity contribution in [2.45, 2.75) is 45.5 Å². The fraction of sp³-hybridized carbons (Fsp3) is 0.267. The van der Waals surface area contributed by atoms with Gasteiger partial charge in [-0.1, -0.05) is 74.5 Å². The molecule has 1 aliphatic heterocycles. The molecule has 1 atom stereocenters. The van der Waals surface area contributed by atoms with Gasteiger partial charge in [-0.05, 0) is 35.6 Å². The van der Waals surface area contributed by atoms with Gasteiger partial charge in [0.15, 0.2) is 5.78 Å². The van der Waals surface area contributed by atoms with Crippen LogP contribution in [0.2, 0.25) is 0 Å². The normalized spacial score (nSPS) is 18.7. The van der Waals surface area contributed by atoms with Crippen LogP contribution >= 0.6 is 0 Å². The van der Waals surface area contributed by atoms with E-state index in [4.69, 9.17) is 4.74 Å². The van der Waals surface area contributed by atoms with Crippen LogP contribution < -0.4 is 15.0 Å². The summed E-state index contributed by atoms with van der Waals surface area (Å²) in [4.78, 5) is 27.5. The fourth-order valence-electron chi connectivity index (χ4n) is 5.21. The van der Waals surface area contributed by atoms with Crippen LogP contribution in [0.5, 0.6) is 5.75 Å². The minimum atomic E-state index is -5.17. The molecule has 0 bridgehead atoms. The molecule has 1 aliphatic carbocycles. The summed E-state index contributed by atoms with van der Waals surface area (Å²) in [6.07, 6.45) is -4.60. The lowest BCUT2D eigenvalue weighted by Crippen LogP contribution is -2.45. The summed E-state index contributed by atoms with van der Waals surface area (Å²) in [7, 11) is 0. The molecular weight excluding hydrogens is 493 g/mol. The highest BCUT2D eigenvalue weighted by Crippen LogP contribution is 2.50. The van der Waals surface area contributed by atoms with E-state index >= 15 is 0 Å². The van der Waals surface area contributed by atoms with Gasteiger partial charge in [0.1, 0.15) is 12.4 Å². The van der Waals surface area contributed by atoms with Crippen molar-refractivity contribution in [3.8, 4) is 5.75 Å². The van der Waals surface area contributed by atoms with Crippen molar-refractivity contribution in [2.24, 2.45) is 5.41 Å². The van der Waals surface area contributed by atoms with E-state index in [1.807, 2.05) is 44.2 Å². The molecule has 1 N–H and O–H groups in total. The topological polar surface area (TPSA) is 58.6 Å². The van der Waals surface area contributed by atoms with Crippen molar-refractivity contribution in [1.82, 2.24) is 0 Å². The summed E-state index contributed by atoms with van der Waals surface area (Å²) >= 11 is 0. The number of Topliss-reactive ketones (excluding diaryl/α,β-unsaturated/α-hetero) is 1. The average Bonchev–Trinajstić information content (AvgIpc) is 3.00. The highest BCUT2D eigenvalue weighted by Gasteiger charge is 2.51. The van der Waals surface area contributed by atoms with Gasteiger partial charge in [0.25, 0.3) is 0 Å². The van der Waals surface area contributed by atoms with Crippen LogP contribution in [0.15, 0.2) is 90.1 Å². The molecule has 1 amide bonds. The van der Waals surface area contributed by atoms with Crippen LogP contribution in [-0.2, 0) is 16.2 Å². The number of para-hydroxylation sites is 3. The van der Waals surface area contributed by atoms with Crippen molar-refractivity contribution in [2.75, 3.05) is 10.2 Å². The van der Waals surface area contributed by atoms with Gasteiger partial charge in [0.05, 0.1) is 17.4 Å². The van der Waals surface area contributed by atoms with Gasteiger partial charge in [0, 0.05) is 23.3 Å². The molecule has 0 saturated heterocycles. The van der Waals surface area contributed by atoms with E-state index < -0.39 is 23.5 Å². The number of hydrogen-bond acceptors (Lipinski definition) is 4. The van der Waals surface area contributed by atoms with Crippen molar-refractivity contribution in [3.63, 3.8) is 0 Å². The molecule has 0 fully saturated rings. The first-order valence-electron chi connectivity index (χ1n) is 12.3. The van der Waals surface area contributed by atoms with Crippen LogP contribution in [0.25, 0.3) is 0 Å². The lowest BCUT2D eigenvalue weighted by atomic mass is 9.73. The lowest BCUT2D eigenvalue weighted by molar-refractivity contribution is -0.170. The first-order chi connectivity index (χ1) is 18.0. The van der Waals surface area contributed by atoms with Crippen molar-refractivity contribution in [3.05, 3.63) is 101 Å². The number of benzene rings is 3. The van der Waals surface area contributed by atoms with E-state index in [1.54, 1.807) is 42.5 Å². The van der Waals surface area contributed by atoms with Gasteiger partial charge < -0.3 is 10.1 Å². The molecule has 3 aromatic rings. The highest BCUT2D eigenvalue weighted by atomic mass is 19.4. The number of fused-ring (bicyclic) bond motifs is 1. The number of ketones is 1. The van der Waals surface area contributed by atoms with Crippen LogP contribution in [0, 0.1) is 5.41 Å². The van der Waals surface area contributed by atoms with Gasteiger partial charge in [-0.2, -0.15) is 13.2 Å². The largest absolute Gasteiger partial charge is 0.489 e. The third kappa shape index (κ3) is 4.90. The van der Waals surface area contributed by atoms with Crippen LogP contribution in [0.1, 0.15) is 43.9 Å². The number of carbonyl (C=O) groups excluding carboxylic acids is 2. The zero-order chi connectivity index (χ0) is 27.1. The molecule has 1 heterocycles. The summed E-state index contributed by atoms with van der Waals surface area (Å²) in [6.45, 7) is 4.05. The number of allylic oxidation sites excluding steroid dienone is 1. The van der Waals surface area contributed by atoms with Crippen LogP contribution in [0.3, 0.4) is 0 Å². The molecule has 8 heteroatoms. The minimum absolute atomic E-state index is 0.0395. The van der Waals surface area contributed by atoms with E-state index in [9.17, 15) is 22.8 Å². The molecule has 5 nitrogen and oxygen atoms in total. The minimum Gasteiger partial charge on any atom is -0.489 e. The Balaban J connectivity index is 1.73. The maximum atomic E-state index is 14.1. The maximum Gasteiger partial charge on any atom is 0.471 e. The molecule has 0 saturated carbocycles. The van der Waals surface area contributed by atoms with Gasteiger partial charge in [0.2, 0.25) is 0 Å². The fourth-order valence-corrected chi connectivity index (χ4v) is 5.21. The van der Waals surface area contributed by atoms with E-state index in [0.29, 0.717) is 34.0 Å². The standard InChI is InChI=1S/C30H27F3N2O3/c1-29(2)16-22-26(24(36)17-29)27(20-12-6-9-15-25(20)38-18-19-10-4-3-5-11-19)35(28(37)30(31,32)33)23-14-8-7-13-21(23)34-22/h3-15,27,34H,16-18H2,1-2H3/t27-/m0/s1. The number of nitrogens with one attached hydrogen (secondary N) is 1. The number of hydrogen-bond donors (Lipinski definition) is 1. The van der Waals surface area contributed by atoms with Gasteiger partial charge in [-0.25, -0.2) is 0 Å². The van der Waals surface area contributed by atoms with Crippen molar-refractivity contribution < 1.29 is 27.5 Å².